The predicted molar refractivity (Wildman–Crippen MR) is 63.6 cm³/mol. The summed E-state index contributed by atoms with van der Waals surface area (Å²) in [4.78, 5) is 25.9. The van der Waals surface area contributed by atoms with Crippen LogP contribution in [0.2, 0.25) is 0 Å². The van der Waals surface area contributed by atoms with Gasteiger partial charge in [-0.2, -0.15) is 0 Å². The number of thiazole rings is 1. The maximum absolute atomic E-state index is 11.2. The topological polar surface area (TPSA) is 80.3 Å². The Bertz CT molecular complexity index is 330. The van der Waals surface area contributed by atoms with Crippen molar-refractivity contribution in [2.75, 3.05) is 13.1 Å². The Morgan fingerprint density at radius 3 is 3.00 bits per heavy atom. The first-order valence-corrected chi connectivity index (χ1v) is 6.16. The molecule has 0 radical (unpaired) electrons. The second-order valence-electron chi connectivity index (χ2n) is 3.25. The summed E-state index contributed by atoms with van der Waals surface area (Å²) >= 11 is 1.44. The molecule has 2 amide bonds. The largest absolute Gasteiger partial charge is 0.444 e. The van der Waals surface area contributed by atoms with Gasteiger partial charge in [0, 0.05) is 19.3 Å². The summed E-state index contributed by atoms with van der Waals surface area (Å²) in [5.41, 5.74) is 1.69. The highest BCUT2D eigenvalue weighted by Gasteiger charge is 2.02. The van der Waals surface area contributed by atoms with Crippen LogP contribution in [0.5, 0.6) is 0 Å². The smallest absolute Gasteiger partial charge is 0.407 e. The van der Waals surface area contributed by atoms with Gasteiger partial charge in [-0.25, -0.2) is 4.79 Å². The molecule has 94 valence electrons. The van der Waals surface area contributed by atoms with E-state index in [2.05, 4.69) is 15.6 Å². The number of hydrogen-bond acceptors (Lipinski definition) is 5. The Labute approximate surface area is 103 Å². The van der Waals surface area contributed by atoms with Crippen LogP contribution in [-0.2, 0) is 16.1 Å². The average Bonchev–Trinajstić information content (AvgIpc) is 2.84. The lowest BCUT2D eigenvalue weighted by atomic mass is 10.3. The molecule has 0 saturated heterocycles. The molecule has 0 unspecified atom stereocenters. The molecule has 1 aromatic rings. The molecule has 0 bridgehead atoms. The second-order valence-corrected chi connectivity index (χ2v) is 4.22. The summed E-state index contributed by atoms with van der Waals surface area (Å²) in [6.45, 7) is 1.42. The van der Waals surface area contributed by atoms with Gasteiger partial charge in [0.25, 0.3) is 0 Å². The van der Waals surface area contributed by atoms with Crippen LogP contribution in [0.15, 0.2) is 11.7 Å². The summed E-state index contributed by atoms with van der Waals surface area (Å²) in [6, 6.07) is 0. The fourth-order valence-corrected chi connectivity index (χ4v) is 1.61. The van der Waals surface area contributed by atoms with Crippen molar-refractivity contribution in [3.05, 3.63) is 16.6 Å². The third-order valence-corrected chi connectivity index (χ3v) is 2.68. The van der Waals surface area contributed by atoms with E-state index in [4.69, 9.17) is 4.74 Å². The molecule has 0 spiro atoms. The van der Waals surface area contributed by atoms with E-state index in [-0.39, 0.29) is 6.61 Å². The molecule has 6 nitrogen and oxygen atoms in total. The van der Waals surface area contributed by atoms with Gasteiger partial charge in [-0.3, -0.25) is 9.78 Å². The average molecular weight is 257 g/mol. The predicted octanol–water partition coefficient (Wildman–Crippen LogP) is 0.895. The highest BCUT2D eigenvalue weighted by Crippen LogP contribution is 2.06. The zero-order valence-electron chi connectivity index (χ0n) is 9.35. The van der Waals surface area contributed by atoms with Crippen LogP contribution in [0, 0.1) is 0 Å². The number of nitrogens with zero attached hydrogens (tertiary/aromatic N) is 1. The van der Waals surface area contributed by atoms with E-state index >= 15 is 0 Å². The molecular formula is C10H15N3O3S. The van der Waals surface area contributed by atoms with Crippen molar-refractivity contribution in [1.82, 2.24) is 15.6 Å². The molecule has 0 fully saturated rings. The number of alkyl carbamates (subject to hydrolysis) is 1. The van der Waals surface area contributed by atoms with Gasteiger partial charge >= 0.3 is 6.09 Å². The molecule has 17 heavy (non-hydrogen) atoms. The first-order chi connectivity index (χ1) is 8.33. The zero-order chi connectivity index (χ0) is 12.3. The van der Waals surface area contributed by atoms with Gasteiger partial charge in [-0.05, 0) is 12.8 Å². The van der Waals surface area contributed by atoms with Crippen molar-refractivity contribution in [1.29, 1.82) is 0 Å². The zero-order valence-corrected chi connectivity index (χ0v) is 10.2. The van der Waals surface area contributed by atoms with Gasteiger partial charge in [-0.15, -0.1) is 11.3 Å². The maximum atomic E-state index is 11.2. The van der Waals surface area contributed by atoms with Crippen LogP contribution in [-0.4, -0.2) is 30.6 Å². The summed E-state index contributed by atoms with van der Waals surface area (Å²) < 4.78 is 4.96. The normalized spacial score (nSPS) is 9.65. The minimum Gasteiger partial charge on any atom is -0.444 e. The monoisotopic (exact) mass is 257 g/mol. The van der Waals surface area contributed by atoms with Gasteiger partial charge in [0.15, 0.2) is 0 Å². The Kier molecular flexibility index (Phi) is 6.73. The van der Waals surface area contributed by atoms with Crippen molar-refractivity contribution in [2.45, 2.75) is 19.4 Å². The van der Waals surface area contributed by atoms with E-state index in [9.17, 15) is 9.59 Å². The van der Waals surface area contributed by atoms with Crippen molar-refractivity contribution in [3.63, 3.8) is 0 Å². The van der Waals surface area contributed by atoms with E-state index in [1.54, 1.807) is 11.7 Å². The Hall–Kier alpha value is -1.63. The van der Waals surface area contributed by atoms with Crippen LogP contribution in [0.1, 0.15) is 17.7 Å². The van der Waals surface area contributed by atoms with Crippen LogP contribution in [0.3, 0.4) is 0 Å². The number of rotatable bonds is 8. The Morgan fingerprint density at radius 2 is 2.29 bits per heavy atom. The minimum absolute atomic E-state index is 0.253. The molecule has 0 aliphatic heterocycles. The number of amides is 2. The molecular weight excluding hydrogens is 242 g/mol. The standard InChI is InChI=1S/C10H15N3O3S/c14-7-11-3-1-2-4-13-10(15)16-6-9-5-12-8-17-9/h5,7-8H,1-4,6H2,(H,11,14)(H,13,15). The number of carbonyl (C=O) groups is 2. The molecule has 1 heterocycles. The van der Waals surface area contributed by atoms with Crippen molar-refractivity contribution in [2.24, 2.45) is 0 Å². The van der Waals surface area contributed by atoms with Crippen LogP contribution >= 0.6 is 11.3 Å². The van der Waals surface area contributed by atoms with Crippen molar-refractivity contribution < 1.29 is 14.3 Å². The van der Waals surface area contributed by atoms with Gasteiger partial charge in [-0.1, -0.05) is 0 Å². The van der Waals surface area contributed by atoms with Crippen LogP contribution < -0.4 is 10.6 Å². The first-order valence-electron chi connectivity index (χ1n) is 5.28. The van der Waals surface area contributed by atoms with Crippen molar-refractivity contribution >= 4 is 23.8 Å². The summed E-state index contributed by atoms with van der Waals surface area (Å²) in [6.07, 6.45) is 3.53. The molecule has 0 saturated carbocycles. The summed E-state index contributed by atoms with van der Waals surface area (Å²) in [5.74, 6) is 0. The SMILES string of the molecule is O=CNCCCCNC(=O)OCc1cncs1. The van der Waals surface area contributed by atoms with Gasteiger partial charge in [0.1, 0.15) is 6.61 Å². The molecule has 0 aliphatic carbocycles. The highest BCUT2D eigenvalue weighted by atomic mass is 32.1. The fraction of sp³-hybridized carbons (Fsp3) is 0.500. The molecule has 0 aromatic carbocycles. The van der Waals surface area contributed by atoms with E-state index in [0.717, 1.165) is 17.7 Å². The number of aromatic nitrogens is 1. The molecule has 1 aromatic heterocycles. The van der Waals surface area contributed by atoms with Gasteiger partial charge in [0.05, 0.1) is 10.4 Å². The van der Waals surface area contributed by atoms with E-state index in [1.807, 2.05) is 0 Å². The van der Waals surface area contributed by atoms with E-state index < -0.39 is 6.09 Å². The number of unbranched alkanes of at least 4 members (excludes halogenated alkanes) is 1. The maximum Gasteiger partial charge on any atom is 0.407 e. The fourth-order valence-electron chi connectivity index (χ4n) is 1.10. The lowest BCUT2D eigenvalue weighted by Crippen LogP contribution is -2.25. The lowest BCUT2D eigenvalue weighted by Gasteiger charge is -2.05. The Balaban J connectivity index is 1.96. The quantitative estimate of drug-likeness (QED) is 0.535. The third-order valence-electron chi connectivity index (χ3n) is 1.93. The summed E-state index contributed by atoms with van der Waals surface area (Å²) in [7, 11) is 0. The Morgan fingerprint density at radius 1 is 1.47 bits per heavy atom. The van der Waals surface area contributed by atoms with E-state index in [0.29, 0.717) is 19.5 Å². The number of carbonyl (C=O) groups excluding carboxylic acids is 2. The van der Waals surface area contributed by atoms with Crippen molar-refractivity contribution in [3.8, 4) is 0 Å². The third kappa shape index (κ3) is 6.52. The van der Waals surface area contributed by atoms with Gasteiger partial charge < -0.3 is 15.4 Å². The second kappa shape index (κ2) is 8.51. The van der Waals surface area contributed by atoms with Crippen LogP contribution in [0.25, 0.3) is 0 Å². The number of nitrogens with one attached hydrogen (secondary N) is 2. The first kappa shape index (κ1) is 13.4. The number of hydrogen-bond donors (Lipinski definition) is 2. The molecule has 7 heteroatoms. The molecule has 1 rings (SSSR count). The van der Waals surface area contributed by atoms with Gasteiger partial charge in [0.2, 0.25) is 6.41 Å². The molecule has 0 atom stereocenters. The van der Waals surface area contributed by atoms with Crippen LogP contribution in [0.4, 0.5) is 4.79 Å². The lowest BCUT2D eigenvalue weighted by molar-refractivity contribution is -0.109. The van der Waals surface area contributed by atoms with E-state index in [1.165, 1.54) is 11.3 Å². The molecule has 0 aliphatic rings. The molecule has 2 N–H and O–H groups in total. The number of ether oxygens (including phenoxy) is 1. The minimum atomic E-state index is -0.429. The summed E-state index contributed by atoms with van der Waals surface area (Å²) in [5, 5.41) is 5.18. The highest BCUT2D eigenvalue weighted by molar-refractivity contribution is 7.09.